The van der Waals surface area contributed by atoms with Crippen molar-refractivity contribution >= 4 is 23.4 Å². The molecule has 0 radical (unpaired) electrons. The number of amides is 4. The molecule has 2 saturated heterocycles. The fourth-order valence-electron chi connectivity index (χ4n) is 7.66. The first-order chi connectivity index (χ1) is 29.3. The van der Waals surface area contributed by atoms with Gasteiger partial charge in [0.05, 0.1) is 40.5 Å². The first kappa shape index (κ1) is 43.7. The molecule has 14 nitrogen and oxygen atoms in total. The van der Waals surface area contributed by atoms with Crippen molar-refractivity contribution < 1.29 is 28.5 Å². The van der Waals surface area contributed by atoms with Gasteiger partial charge in [-0.3, -0.25) is 9.80 Å². The Morgan fingerprint density at radius 2 is 0.967 bits per heavy atom. The van der Waals surface area contributed by atoms with Gasteiger partial charge in [-0.2, -0.15) is 0 Å². The number of urea groups is 2. The molecule has 4 aromatic carbocycles. The number of carbonyl (C=O) groups is 2. The highest BCUT2D eigenvalue weighted by Crippen LogP contribution is 2.24. The van der Waals surface area contributed by atoms with E-state index in [1.807, 2.05) is 72.8 Å². The lowest BCUT2D eigenvalue weighted by Crippen LogP contribution is -2.52. The van der Waals surface area contributed by atoms with Gasteiger partial charge in [-0.15, -0.1) is 0 Å². The van der Waals surface area contributed by atoms with Crippen LogP contribution in [-0.2, 0) is 13.1 Å². The Bertz CT molecular complexity index is 1930. The van der Waals surface area contributed by atoms with Crippen molar-refractivity contribution in [1.29, 1.82) is 0 Å². The molecule has 4 aromatic rings. The zero-order chi connectivity index (χ0) is 42.1. The molecule has 0 atom stereocenters. The minimum atomic E-state index is -0.789. The van der Waals surface area contributed by atoms with E-state index in [4.69, 9.17) is 30.4 Å². The number of nitrogens with two attached hydrogens (primary N) is 2. The van der Waals surface area contributed by atoms with Crippen LogP contribution in [0.25, 0.3) is 0 Å². The lowest BCUT2D eigenvalue weighted by Gasteiger charge is -2.36. The molecule has 2 fully saturated rings. The molecule has 6 rings (SSSR count). The van der Waals surface area contributed by atoms with E-state index in [0.29, 0.717) is 19.0 Å². The Morgan fingerprint density at radius 3 is 1.45 bits per heavy atom. The summed E-state index contributed by atoms with van der Waals surface area (Å²) < 4.78 is 22.9. The number of piperazine rings is 2. The van der Waals surface area contributed by atoms with E-state index in [1.165, 1.54) is 21.4 Å². The molecule has 4 N–H and O–H groups in total. The molecule has 4 amide bonds. The van der Waals surface area contributed by atoms with E-state index >= 15 is 0 Å². The highest BCUT2D eigenvalue weighted by molar-refractivity contribution is 5.78. The van der Waals surface area contributed by atoms with E-state index in [2.05, 4.69) is 43.9 Å². The number of anilines is 2. The number of primary amides is 2. The second-order valence-corrected chi connectivity index (χ2v) is 15.3. The van der Waals surface area contributed by atoms with E-state index in [0.717, 1.165) is 120 Å². The molecule has 0 saturated carbocycles. The predicted molar refractivity (Wildman–Crippen MR) is 236 cm³/mol. The molecule has 0 unspecified atom stereocenters. The van der Waals surface area contributed by atoms with Gasteiger partial charge in [-0.05, 0) is 98.4 Å². The van der Waals surface area contributed by atoms with Crippen molar-refractivity contribution in [3.8, 4) is 23.0 Å². The van der Waals surface area contributed by atoms with Crippen LogP contribution in [0.1, 0.15) is 36.8 Å². The minimum absolute atomic E-state index is 0.0519. The van der Waals surface area contributed by atoms with Gasteiger partial charge >= 0.3 is 12.1 Å². The van der Waals surface area contributed by atoms with Crippen LogP contribution in [0.15, 0.2) is 97.1 Å². The second kappa shape index (κ2) is 22.5. The fraction of sp³-hybridized carbons (Fsp3) is 0.435. The molecule has 14 heteroatoms. The molecular weight excluding hydrogens is 761 g/mol. The zero-order valence-corrected chi connectivity index (χ0v) is 35.3. The molecule has 2 aliphatic heterocycles. The number of rotatable bonds is 20. The summed E-state index contributed by atoms with van der Waals surface area (Å²) in [7, 11) is 3.40. The zero-order valence-electron chi connectivity index (χ0n) is 35.3. The summed E-state index contributed by atoms with van der Waals surface area (Å²) in [6.07, 6.45) is 3.93. The Labute approximate surface area is 355 Å². The van der Waals surface area contributed by atoms with Crippen LogP contribution in [0, 0.1) is 0 Å². The maximum Gasteiger partial charge on any atom is 0.334 e. The summed E-state index contributed by atoms with van der Waals surface area (Å²) >= 11 is 0. The van der Waals surface area contributed by atoms with Gasteiger partial charge in [-0.25, -0.2) is 19.6 Å². The quantitative estimate of drug-likeness (QED) is 0.0801. The Kier molecular flexibility index (Phi) is 16.4. The molecular formula is C46H62N8O6. The number of benzene rings is 4. The van der Waals surface area contributed by atoms with Crippen LogP contribution in [0.3, 0.4) is 0 Å². The van der Waals surface area contributed by atoms with Crippen LogP contribution < -0.4 is 40.2 Å². The van der Waals surface area contributed by atoms with Crippen molar-refractivity contribution in [3.63, 3.8) is 0 Å². The number of hydrogen-bond acceptors (Lipinski definition) is 10. The third kappa shape index (κ3) is 13.1. The maximum absolute atomic E-state index is 12.7. The average molecular weight is 823 g/mol. The first-order valence-electron chi connectivity index (χ1n) is 21.1. The summed E-state index contributed by atoms with van der Waals surface area (Å²) in [5.41, 5.74) is 15.5. The number of hydrogen-bond donors (Lipinski definition) is 2. The number of methoxy groups -OCH3 is 2. The Balaban J connectivity index is 0.879. The van der Waals surface area contributed by atoms with Crippen molar-refractivity contribution in [2.45, 2.75) is 38.8 Å². The molecule has 322 valence electrons. The standard InChI is InChI=1S/C46H62N8O6/c1-57-42-13-8-11-39(33-42)51-26-22-49(23-27-51)20-3-5-30-59-41-18-16-37(17-19-41)35-53(45(47)55)54(46(48)56)36-38-10-7-15-44(32-38)60-31-6-4-21-50-24-28-52(29-25-50)40-12-9-14-43(34-40)58-2/h7-19,32-34H,3-6,20-31,35-36H2,1-2H3,(H2,47,55)(H2,48,56). The van der Waals surface area contributed by atoms with Crippen molar-refractivity contribution in [3.05, 3.63) is 108 Å². The summed E-state index contributed by atoms with van der Waals surface area (Å²) in [6.45, 7) is 11.4. The molecule has 0 aromatic heterocycles. The Hall–Kier alpha value is -5.86. The third-order valence-electron chi connectivity index (χ3n) is 11.1. The highest BCUT2D eigenvalue weighted by atomic mass is 16.5. The molecule has 0 spiro atoms. The van der Waals surface area contributed by atoms with Gasteiger partial charge in [0.1, 0.15) is 23.0 Å². The van der Waals surface area contributed by atoms with Gasteiger partial charge in [0.25, 0.3) is 0 Å². The van der Waals surface area contributed by atoms with Crippen LogP contribution in [0.2, 0.25) is 0 Å². The third-order valence-corrected chi connectivity index (χ3v) is 11.1. The fourth-order valence-corrected chi connectivity index (χ4v) is 7.66. The highest BCUT2D eigenvalue weighted by Gasteiger charge is 2.24. The van der Waals surface area contributed by atoms with Gasteiger partial charge in [0, 0.05) is 75.9 Å². The van der Waals surface area contributed by atoms with Crippen LogP contribution in [0.5, 0.6) is 23.0 Å². The molecule has 2 heterocycles. The largest absolute Gasteiger partial charge is 0.497 e. The molecule has 60 heavy (non-hydrogen) atoms. The molecule has 0 aliphatic carbocycles. The lowest BCUT2D eigenvalue weighted by atomic mass is 10.2. The predicted octanol–water partition coefficient (Wildman–Crippen LogP) is 6.04. The number of hydrazine groups is 1. The molecule has 2 aliphatic rings. The van der Waals surface area contributed by atoms with Crippen LogP contribution in [-0.4, -0.2) is 125 Å². The summed E-state index contributed by atoms with van der Waals surface area (Å²) in [5.74, 6) is 3.19. The normalized spacial score (nSPS) is 14.7. The number of ether oxygens (including phenoxy) is 4. The summed E-state index contributed by atoms with van der Waals surface area (Å²) in [6, 6.07) is 29.9. The number of nitrogens with zero attached hydrogens (tertiary/aromatic N) is 6. The monoisotopic (exact) mass is 822 g/mol. The van der Waals surface area contributed by atoms with Crippen molar-refractivity contribution in [2.24, 2.45) is 11.5 Å². The van der Waals surface area contributed by atoms with Crippen LogP contribution in [0.4, 0.5) is 21.0 Å². The smallest absolute Gasteiger partial charge is 0.334 e. The SMILES string of the molecule is COc1cccc(N2CCN(CCCCOc3ccc(CN(C(N)=O)N(Cc4cccc(OCCCCN5CCN(c6cccc(OC)c6)CC5)c4)C(N)=O)cc3)CC2)c1. The van der Waals surface area contributed by atoms with E-state index < -0.39 is 12.1 Å². The molecule has 0 bridgehead atoms. The summed E-state index contributed by atoms with van der Waals surface area (Å²) in [5, 5.41) is 2.33. The van der Waals surface area contributed by atoms with Gasteiger partial charge < -0.3 is 40.2 Å². The van der Waals surface area contributed by atoms with Gasteiger partial charge in [-0.1, -0.05) is 36.4 Å². The van der Waals surface area contributed by atoms with E-state index in [1.54, 1.807) is 14.2 Å². The van der Waals surface area contributed by atoms with Gasteiger partial charge in [0.15, 0.2) is 0 Å². The van der Waals surface area contributed by atoms with Crippen molar-refractivity contribution in [1.82, 2.24) is 19.8 Å². The van der Waals surface area contributed by atoms with E-state index in [-0.39, 0.29) is 13.1 Å². The van der Waals surface area contributed by atoms with Crippen LogP contribution >= 0.6 is 0 Å². The summed E-state index contributed by atoms with van der Waals surface area (Å²) in [4.78, 5) is 35.1. The minimum Gasteiger partial charge on any atom is -0.497 e. The Morgan fingerprint density at radius 1 is 0.517 bits per heavy atom. The van der Waals surface area contributed by atoms with Crippen molar-refractivity contribution in [2.75, 3.05) is 103 Å². The van der Waals surface area contributed by atoms with Gasteiger partial charge in [0.2, 0.25) is 0 Å². The number of unbranched alkanes of at least 4 members (excludes halogenated alkanes) is 2. The topological polar surface area (TPSA) is 143 Å². The first-order valence-corrected chi connectivity index (χ1v) is 21.1. The lowest BCUT2D eigenvalue weighted by molar-refractivity contribution is 0.0423. The average Bonchev–Trinajstić information content (AvgIpc) is 3.28. The maximum atomic E-state index is 12.7. The van der Waals surface area contributed by atoms with E-state index in [9.17, 15) is 9.59 Å². The number of carbonyl (C=O) groups excluding carboxylic acids is 2. The second-order valence-electron chi connectivity index (χ2n) is 15.3.